The maximum absolute atomic E-state index is 13.7. The van der Waals surface area contributed by atoms with Gasteiger partial charge in [-0.25, -0.2) is 0 Å². The number of amides is 2. The van der Waals surface area contributed by atoms with Crippen molar-refractivity contribution in [2.24, 2.45) is 5.92 Å². The van der Waals surface area contributed by atoms with E-state index >= 15 is 0 Å². The molecule has 2 saturated heterocycles. The fourth-order valence-corrected chi connectivity index (χ4v) is 6.58. The van der Waals surface area contributed by atoms with Crippen LogP contribution in [0.25, 0.3) is 0 Å². The van der Waals surface area contributed by atoms with Crippen molar-refractivity contribution in [1.29, 1.82) is 0 Å². The minimum Gasteiger partial charge on any atom is -0.459 e. The summed E-state index contributed by atoms with van der Waals surface area (Å²) in [5, 5.41) is 16.6. The zero-order valence-corrected chi connectivity index (χ0v) is 22.0. The van der Waals surface area contributed by atoms with E-state index in [0.29, 0.717) is 51.4 Å². The number of rotatable bonds is 8. The first kappa shape index (κ1) is 25.8. The first-order chi connectivity index (χ1) is 18.1. The van der Waals surface area contributed by atoms with E-state index in [0.717, 1.165) is 17.7 Å². The fraction of sp³-hybridized carbons (Fsp3) is 0.500. The van der Waals surface area contributed by atoms with Crippen LogP contribution in [0.5, 0.6) is 0 Å². The second-order valence-corrected chi connectivity index (χ2v) is 10.6. The summed E-state index contributed by atoms with van der Waals surface area (Å²) in [4.78, 5) is 30.6. The van der Waals surface area contributed by atoms with Gasteiger partial charge in [-0.05, 0) is 73.2 Å². The quantitative estimate of drug-likeness (QED) is 0.549. The molecule has 3 atom stereocenters. The van der Waals surface area contributed by atoms with Gasteiger partial charge >= 0.3 is 0 Å². The molecular formula is C28H35N3O5S. The third kappa shape index (κ3) is 5.00. The second kappa shape index (κ2) is 11.2. The lowest BCUT2D eigenvalue weighted by Crippen LogP contribution is -2.57. The summed E-state index contributed by atoms with van der Waals surface area (Å²) >= 11 is 1.62. The lowest BCUT2D eigenvalue weighted by Gasteiger charge is -2.44. The molecule has 8 nitrogen and oxygen atoms in total. The molecule has 9 heteroatoms. The van der Waals surface area contributed by atoms with Crippen LogP contribution in [-0.4, -0.2) is 66.6 Å². The number of aliphatic hydroxyl groups is 1. The number of carbonyl (C=O) groups excluding carboxylic acids is 2. The van der Waals surface area contributed by atoms with Crippen LogP contribution in [0.4, 0.5) is 5.69 Å². The van der Waals surface area contributed by atoms with Crippen LogP contribution < -0.4 is 10.2 Å². The highest BCUT2D eigenvalue weighted by Gasteiger charge is 2.51. The zero-order valence-electron chi connectivity index (χ0n) is 21.2. The average Bonchev–Trinajstić information content (AvgIpc) is 3.57. The molecule has 3 aliphatic rings. The Hall–Kier alpha value is -2.88. The predicted molar refractivity (Wildman–Crippen MR) is 142 cm³/mol. The number of likely N-dealkylation sites (tertiary alicyclic amines) is 1. The van der Waals surface area contributed by atoms with E-state index in [1.807, 2.05) is 48.7 Å². The van der Waals surface area contributed by atoms with Crippen molar-refractivity contribution in [3.8, 4) is 0 Å². The van der Waals surface area contributed by atoms with Crippen LogP contribution in [0, 0.1) is 5.92 Å². The summed E-state index contributed by atoms with van der Waals surface area (Å²) in [5.41, 5.74) is 1.48. The van der Waals surface area contributed by atoms with E-state index in [1.165, 1.54) is 0 Å². The molecule has 2 aromatic rings. The van der Waals surface area contributed by atoms with Crippen LogP contribution in [0.3, 0.4) is 0 Å². The van der Waals surface area contributed by atoms with E-state index < -0.39 is 11.8 Å². The highest BCUT2D eigenvalue weighted by molar-refractivity contribution is 7.08. The maximum Gasteiger partial charge on any atom is 0.288 e. The number of benzene rings is 1. The highest BCUT2D eigenvalue weighted by atomic mass is 32.1. The number of ether oxygens (including phenoxy) is 2. The Labute approximate surface area is 221 Å². The molecule has 0 saturated carbocycles. The van der Waals surface area contributed by atoms with Gasteiger partial charge in [-0.2, -0.15) is 11.3 Å². The number of piperidine rings is 1. The summed E-state index contributed by atoms with van der Waals surface area (Å²) in [5.74, 6) is 0.140. The van der Waals surface area contributed by atoms with Gasteiger partial charge in [-0.3, -0.25) is 9.59 Å². The molecule has 2 N–H and O–H groups in total. The molecule has 0 aliphatic carbocycles. The fourth-order valence-electron chi connectivity index (χ4n) is 5.87. The van der Waals surface area contributed by atoms with E-state index in [1.54, 1.807) is 16.2 Å². The lowest BCUT2D eigenvalue weighted by molar-refractivity contribution is -0.171. The van der Waals surface area contributed by atoms with Crippen LogP contribution in [-0.2, 0) is 19.1 Å². The summed E-state index contributed by atoms with van der Waals surface area (Å²) in [6, 6.07) is 12.0. The number of anilines is 1. The Balaban J connectivity index is 1.35. The number of aliphatic hydroxyl groups excluding tert-OH is 1. The Morgan fingerprint density at radius 2 is 2.03 bits per heavy atom. The first-order valence-corrected chi connectivity index (χ1v) is 14.0. The van der Waals surface area contributed by atoms with E-state index in [-0.39, 0.29) is 30.3 Å². The number of hydrogen-bond acceptors (Lipinski definition) is 7. The maximum atomic E-state index is 13.7. The Morgan fingerprint density at radius 3 is 2.70 bits per heavy atom. The molecule has 5 rings (SSSR count). The standard InChI is InChI=1S/C28H35N3O5S/c1-2-35-26-22(9-6-15-32)23(20-10-16-37-18-20)17-24(36-26)25(33)30-13-11-28(12-14-30)27(34)29-19-31(28)21-7-4-3-5-8-21/h3-5,7-8,10,16-18,22-23,26,32H,2,6,9,11-15,19H2,1H3,(H,29,34)/t22-,23+,26+/m1/s1. The lowest BCUT2D eigenvalue weighted by atomic mass is 9.81. The molecule has 0 radical (unpaired) electrons. The van der Waals surface area contributed by atoms with Gasteiger partial charge in [0.15, 0.2) is 5.76 Å². The molecule has 0 unspecified atom stereocenters. The van der Waals surface area contributed by atoms with Gasteiger partial charge in [0.25, 0.3) is 5.91 Å². The number of para-hydroxylation sites is 1. The number of allylic oxidation sites excluding steroid dienone is 1. The molecule has 198 valence electrons. The summed E-state index contributed by atoms with van der Waals surface area (Å²) in [7, 11) is 0. The van der Waals surface area contributed by atoms with Crippen LogP contribution >= 0.6 is 11.3 Å². The van der Waals surface area contributed by atoms with Gasteiger partial charge in [-0.1, -0.05) is 18.2 Å². The van der Waals surface area contributed by atoms with Crippen molar-refractivity contribution in [2.45, 2.75) is 50.4 Å². The minimum absolute atomic E-state index is 0.00416. The minimum atomic E-state index is -0.650. The van der Waals surface area contributed by atoms with Gasteiger partial charge in [0.2, 0.25) is 12.2 Å². The third-order valence-electron chi connectivity index (χ3n) is 7.83. The summed E-state index contributed by atoms with van der Waals surface area (Å²) in [6.45, 7) is 3.89. The largest absolute Gasteiger partial charge is 0.459 e. The van der Waals surface area contributed by atoms with E-state index in [4.69, 9.17) is 9.47 Å². The molecule has 1 aromatic carbocycles. The summed E-state index contributed by atoms with van der Waals surface area (Å²) < 4.78 is 12.2. The molecule has 4 heterocycles. The number of carbonyl (C=O) groups is 2. The number of hydrogen-bond donors (Lipinski definition) is 2. The Bertz CT molecular complexity index is 1100. The van der Waals surface area contributed by atoms with Gasteiger partial charge in [0.1, 0.15) is 5.54 Å². The molecule has 37 heavy (non-hydrogen) atoms. The van der Waals surface area contributed by atoms with Crippen molar-refractivity contribution < 1.29 is 24.2 Å². The van der Waals surface area contributed by atoms with E-state index in [2.05, 4.69) is 21.7 Å². The number of thiophene rings is 1. The average molecular weight is 526 g/mol. The van der Waals surface area contributed by atoms with Crippen molar-refractivity contribution in [3.05, 3.63) is 64.6 Å². The smallest absolute Gasteiger partial charge is 0.288 e. The third-order valence-corrected chi connectivity index (χ3v) is 8.53. The van der Waals surface area contributed by atoms with Crippen LogP contribution in [0.15, 0.2) is 59.0 Å². The predicted octanol–water partition coefficient (Wildman–Crippen LogP) is 3.45. The van der Waals surface area contributed by atoms with Gasteiger partial charge in [0, 0.05) is 43.8 Å². The van der Waals surface area contributed by atoms with Gasteiger partial charge in [-0.15, -0.1) is 0 Å². The second-order valence-electron chi connectivity index (χ2n) is 9.84. The van der Waals surface area contributed by atoms with Gasteiger partial charge in [0.05, 0.1) is 6.67 Å². The van der Waals surface area contributed by atoms with Gasteiger partial charge < -0.3 is 29.7 Å². The monoisotopic (exact) mass is 525 g/mol. The normalized spacial score (nSPS) is 25.1. The highest BCUT2D eigenvalue weighted by Crippen LogP contribution is 2.41. The van der Waals surface area contributed by atoms with Crippen LogP contribution in [0.2, 0.25) is 0 Å². The SMILES string of the molecule is CCO[C@H]1OC(C(=O)N2CCC3(CC2)C(=O)NCN3c2ccccc2)=C[C@@H](c2ccsc2)[C@H]1CCCO. The molecule has 1 spiro atoms. The van der Waals surface area contributed by atoms with Crippen molar-refractivity contribution in [2.75, 3.05) is 37.9 Å². The summed E-state index contributed by atoms with van der Waals surface area (Å²) in [6.07, 6.45) is 3.85. The Morgan fingerprint density at radius 1 is 1.24 bits per heavy atom. The number of nitrogens with zero attached hydrogens (tertiary/aromatic N) is 2. The first-order valence-electron chi connectivity index (χ1n) is 13.1. The topological polar surface area (TPSA) is 91.3 Å². The van der Waals surface area contributed by atoms with Crippen molar-refractivity contribution in [1.82, 2.24) is 10.2 Å². The van der Waals surface area contributed by atoms with Crippen molar-refractivity contribution in [3.63, 3.8) is 0 Å². The molecular weight excluding hydrogens is 490 g/mol. The molecule has 0 bridgehead atoms. The van der Waals surface area contributed by atoms with Crippen LogP contribution in [0.1, 0.15) is 44.1 Å². The number of nitrogens with one attached hydrogen (secondary N) is 1. The molecule has 2 amide bonds. The van der Waals surface area contributed by atoms with Crippen molar-refractivity contribution >= 4 is 28.8 Å². The Kier molecular flexibility index (Phi) is 7.83. The molecule has 2 fully saturated rings. The molecule has 3 aliphatic heterocycles. The zero-order chi connectivity index (χ0) is 25.8. The van der Waals surface area contributed by atoms with E-state index in [9.17, 15) is 14.7 Å². The molecule has 1 aromatic heterocycles.